The van der Waals surface area contributed by atoms with Gasteiger partial charge in [-0.05, 0) is 50.1 Å². The molecule has 2 aromatic rings. The van der Waals surface area contributed by atoms with E-state index in [2.05, 4.69) is 10.1 Å². The molecule has 0 fully saturated rings. The highest BCUT2D eigenvalue weighted by Crippen LogP contribution is 2.24. The second-order valence-electron chi connectivity index (χ2n) is 7.64. The maximum Gasteiger partial charge on any atom is 0.337 e. The fourth-order valence-corrected chi connectivity index (χ4v) is 3.40. The van der Waals surface area contributed by atoms with Gasteiger partial charge in [-0.2, -0.15) is 0 Å². The third-order valence-corrected chi connectivity index (χ3v) is 5.19. The molecular weight excluding hydrogens is 428 g/mol. The second-order valence-corrected chi connectivity index (χ2v) is 7.64. The molecule has 3 amide bonds. The lowest BCUT2D eigenvalue weighted by molar-refractivity contribution is -0.147. The highest BCUT2D eigenvalue weighted by atomic mass is 16.5. The lowest BCUT2D eigenvalue weighted by atomic mass is 10.1. The number of fused-ring (bicyclic) bond motifs is 1. The topological polar surface area (TPSA) is 119 Å². The van der Waals surface area contributed by atoms with Crippen LogP contribution in [0.2, 0.25) is 0 Å². The zero-order chi connectivity index (χ0) is 24.1. The standard InChI is InChI=1S/C24H24N2O7/c1-14-6-9-17-18(11-14)23(30)26(22(17)29)10-4-5-21(28)33-13-20(27)25-19-12-16(24(31)32-3)8-7-15(19)2/h6-9,11-12H,4-5,10,13H2,1-3H3,(H,25,27). The van der Waals surface area contributed by atoms with Crippen LogP contribution in [-0.2, 0) is 19.1 Å². The molecule has 1 heterocycles. The number of imide groups is 1. The molecule has 0 saturated heterocycles. The summed E-state index contributed by atoms with van der Waals surface area (Å²) in [5, 5.41) is 2.59. The van der Waals surface area contributed by atoms with Crippen molar-refractivity contribution in [3.05, 3.63) is 64.2 Å². The Morgan fingerprint density at radius 3 is 2.42 bits per heavy atom. The molecule has 0 saturated carbocycles. The van der Waals surface area contributed by atoms with E-state index in [1.807, 2.05) is 6.92 Å². The largest absolute Gasteiger partial charge is 0.465 e. The number of benzene rings is 2. The zero-order valence-corrected chi connectivity index (χ0v) is 18.6. The van der Waals surface area contributed by atoms with Crippen LogP contribution in [0.1, 0.15) is 55.0 Å². The highest BCUT2D eigenvalue weighted by Gasteiger charge is 2.35. The van der Waals surface area contributed by atoms with Crippen LogP contribution in [0.3, 0.4) is 0 Å². The van der Waals surface area contributed by atoms with Crippen molar-refractivity contribution in [1.82, 2.24) is 4.90 Å². The number of anilines is 1. The zero-order valence-electron chi connectivity index (χ0n) is 18.6. The lowest BCUT2D eigenvalue weighted by Crippen LogP contribution is -2.31. The van der Waals surface area contributed by atoms with Gasteiger partial charge in [-0.1, -0.05) is 17.7 Å². The van der Waals surface area contributed by atoms with Crippen molar-refractivity contribution >= 4 is 35.3 Å². The molecule has 0 aromatic heterocycles. The summed E-state index contributed by atoms with van der Waals surface area (Å²) in [4.78, 5) is 61.7. The van der Waals surface area contributed by atoms with Crippen LogP contribution in [0.15, 0.2) is 36.4 Å². The van der Waals surface area contributed by atoms with E-state index in [1.165, 1.54) is 13.2 Å². The van der Waals surface area contributed by atoms with Gasteiger partial charge in [0.15, 0.2) is 6.61 Å². The smallest absolute Gasteiger partial charge is 0.337 e. The number of ether oxygens (including phenoxy) is 2. The molecule has 0 unspecified atom stereocenters. The van der Waals surface area contributed by atoms with Gasteiger partial charge >= 0.3 is 11.9 Å². The molecule has 2 aromatic carbocycles. The van der Waals surface area contributed by atoms with Crippen molar-refractivity contribution in [2.24, 2.45) is 0 Å². The molecule has 172 valence electrons. The van der Waals surface area contributed by atoms with Gasteiger partial charge in [0.1, 0.15) is 0 Å². The molecule has 0 atom stereocenters. The van der Waals surface area contributed by atoms with Gasteiger partial charge in [0.25, 0.3) is 17.7 Å². The highest BCUT2D eigenvalue weighted by molar-refractivity contribution is 6.21. The predicted octanol–water partition coefficient (Wildman–Crippen LogP) is 2.65. The third kappa shape index (κ3) is 5.43. The van der Waals surface area contributed by atoms with E-state index in [-0.39, 0.29) is 36.8 Å². The number of hydrogen-bond donors (Lipinski definition) is 1. The van der Waals surface area contributed by atoms with E-state index in [9.17, 15) is 24.0 Å². The summed E-state index contributed by atoms with van der Waals surface area (Å²) in [6.45, 7) is 3.16. The fraction of sp³-hybridized carbons (Fsp3) is 0.292. The van der Waals surface area contributed by atoms with E-state index in [0.29, 0.717) is 16.8 Å². The third-order valence-electron chi connectivity index (χ3n) is 5.19. The minimum atomic E-state index is -0.627. The molecule has 1 N–H and O–H groups in total. The Hall–Kier alpha value is -4.01. The lowest BCUT2D eigenvalue weighted by Gasteiger charge is -2.13. The molecule has 3 rings (SSSR count). The van der Waals surface area contributed by atoms with Crippen molar-refractivity contribution in [3.8, 4) is 0 Å². The van der Waals surface area contributed by atoms with Crippen LogP contribution in [0.4, 0.5) is 5.69 Å². The van der Waals surface area contributed by atoms with E-state index < -0.39 is 24.5 Å². The Morgan fingerprint density at radius 1 is 0.970 bits per heavy atom. The maximum atomic E-state index is 12.4. The number of esters is 2. The number of nitrogens with one attached hydrogen (secondary N) is 1. The first-order chi connectivity index (χ1) is 15.7. The van der Waals surface area contributed by atoms with Crippen LogP contribution in [0.25, 0.3) is 0 Å². The molecule has 0 bridgehead atoms. The summed E-state index contributed by atoms with van der Waals surface area (Å²) in [5.41, 5.74) is 3.00. The first-order valence-electron chi connectivity index (χ1n) is 10.3. The average Bonchev–Trinajstić information content (AvgIpc) is 3.02. The molecule has 9 heteroatoms. The summed E-state index contributed by atoms with van der Waals surface area (Å²) in [6.07, 6.45) is 0.155. The molecule has 1 aliphatic heterocycles. The molecule has 0 aliphatic carbocycles. The van der Waals surface area contributed by atoms with Crippen molar-refractivity contribution in [2.75, 3.05) is 25.6 Å². The van der Waals surface area contributed by atoms with E-state index >= 15 is 0 Å². The Balaban J connectivity index is 1.45. The van der Waals surface area contributed by atoms with Crippen molar-refractivity contribution in [1.29, 1.82) is 0 Å². The Morgan fingerprint density at radius 2 is 1.70 bits per heavy atom. The summed E-state index contributed by atoms with van der Waals surface area (Å²) in [6, 6.07) is 9.78. The monoisotopic (exact) mass is 452 g/mol. The van der Waals surface area contributed by atoms with Crippen LogP contribution >= 0.6 is 0 Å². The van der Waals surface area contributed by atoms with Crippen molar-refractivity contribution in [2.45, 2.75) is 26.7 Å². The summed E-state index contributed by atoms with van der Waals surface area (Å²) >= 11 is 0. The SMILES string of the molecule is COC(=O)c1ccc(C)c(NC(=O)COC(=O)CCCN2C(=O)c3ccc(C)cc3C2=O)c1. The molecular formula is C24H24N2O7. The number of amides is 3. The van der Waals surface area contributed by atoms with Gasteiger partial charge in [0.2, 0.25) is 0 Å². The predicted molar refractivity (Wildman–Crippen MR) is 118 cm³/mol. The van der Waals surface area contributed by atoms with E-state index in [0.717, 1.165) is 16.0 Å². The minimum Gasteiger partial charge on any atom is -0.465 e. The summed E-state index contributed by atoms with van der Waals surface area (Å²) in [7, 11) is 1.26. The second kappa shape index (κ2) is 10.1. The van der Waals surface area contributed by atoms with Gasteiger partial charge in [-0.25, -0.2) is 4.79 Å². The normalized spacial score (nSPS) is 12.4. The number of methoxy groups -OCH3 is 1. The van der Waals surface area contributed by atoms with Crippen molar-refractivity contribution in [3.63, 3.8) is 0 Å². The van der Waals surface area contributed by atoms with Crippen LogP contribution in [0, 0.1) is 13.8 Å². The van der Waals surface area contributed by atoms with Crippen LogP contribution in [-0.4, -0.2) is 54.8 Å². The Kier molecular flexibility index (Phi) is 7.22. The van der Waals surface area contributed by atoms with Gasteiger partial charge in [0.05, 0.1) is 23.8 Å². The first-order valence-corrected chi connectivity index (χ1v) is 10.3. The van der Waals surface area contributed by atoms with Crippen LogP contribution in [0.5, 0.6) is 0 Å². The maximum absolute atomic E-state index is 12.4. The van der Waals surface area contributed by atoms with Gasteiger partial charge in [-0.15, -0.1) is 0 Å². The van der Waals surface area contributed by atoms with Gasteiger partial charge in [0, 0.05) is 18.7 Å². The molecule has 33 heavy (non-hydrogen) atoms. The number of carbonyl (C=O) groups is 5. The molecule has 1 aliphatic rings. The number of rotatable bonds is 8. The molecule has 0 spiro atoms. The summed E-state index contributed by atoms with van der Waals surface area (Å²) < 4.78 is 9.64. The fourth-order valence-electron chi connectivity index (χ4n) is 3.40. The molecule has 0 radical (unpaired) electrons. The quantitative estimate of drug-likeness (QED) is 0.483. The Labute approximate surface area is 190 Å². The summed E-state index contributed by atoms with van der Waals surface area (Å²) in [5.74, 6) is -2.49. The Bertz CT molecular complexity index is 1140. The number of nitrogens with zero attached hydrogens (tertiary/aromatic N) is 1. The minimum absolute atomic E-state index is 0.0590. The number of hydrogen-bond acceptors (Lipinski definition) is 7. The van der Waals surface area contributed by atoms with Gasteiger partial charge < -0.3 is 14.8 Å². The van der Waals surface area contributed by atoms with Crippen molar-refractivity contribution < 1.29 is 33.4 Å². The van der Waals surface area contributed by atoms with Crippen LogP contribution < -0.4 is 5.32 Å². The first kappa shape index (κ1) is 23.6. The number of aryl methyl sites for hydroxylation is 2. The average molecular weight is 452 g/mol. The number of carbonyl (C=O) groups excluding carboxylic acids is 5. The van der Waals surface area contributed by atoms with E-state index in [4.69, 9.17) is 4.74 Å². The molecule has 9 nitrogen and oxygen atoms in total. The van der Waals surface area contributed by atoms with Gasteiger partial charge in [-0.3, -0.25) is 24.1 Å². The van der Waals surface area contributed by atoms with E-state index in [1.54, 1.807) is 37.3 Å².